The van der Waals surface area contributed by atoms with Crippen LogP contribution in [0.2, 0.25) is 0 Å². The summed E-state index contributed by atoms with van der Waals surface area (Å²) in [6, 6.07) is 10.1. The third-order valence-corrected chi connectivity index (χ3v) is 4.76. The molecule has 0 saturated carbocycles. The number of aryl methyl sites for hydroxylation is 1. The van der Waals surface area contributed by atoms with Gasteiger partial charge in [-0.3, -0.25) is 14.3 Å². The van der Waals surface area contributed by atoms with Gasteiger partial charge in [0.15, 0.2) is 0 Å². The van der Waals surface area contributed by atoms with Crippen LogP contribution in [0.1, 0.15) is 21.6 Å². The number of aromatic nitrogens is 4. The summed E-state index contributed by atoms with van der Waals surface area (Å²) < 4.78 is 1.92. The van der Waals surface area contributed by atoms with Crippen molar-refractivity contribution < 1.29 is 4.79 Å². The minimum Gasteiger partial charge on any atom is -0.338 e. The fourth-order valence-electron chi connectivity index (χ4n) is 3.51. The molecule has 1 aliphatic heterocycles. The predicted octanol–water partition coefficient (Wildman–Crippen LogP) is 1.41. The fraction of sp³-hybridized carbons (Fsp3) is 0.263. The molecule has 26 heavy (non-hydrogen) atoms. The Kier molecular flexibility index (Phi) is 4.12. The highest BCUT2D eigenvalue weighted by Gasteiger charge is 2.26. The first-order valence-electron chi connectivity index (χ1n) is 8.57. The van der Waals surface area contributed by atoms with Gasteiger partial charge in [-0.25, -0.2) is 4.98 Å². The van der Waals surface area contributed by atoms with E-state index in [-0.39, 0.29) is 11.5 Å². The highest BCUT2D eigenvalue weighted by atomic mass is 16.2. The van der Waals surface area contributed by atoms with E-state index in [1.807, 2.05) is 29.9 Å². The summed E-state index contributed by atoms with van der Waals surface area (Å²) in [5.74, 6) is -0.282. The van der Waals surface area contributed by atoms with E-state index in [1.54, 1.807) is 4.90 Å². The van der Waals surface area contributed by atoms with Crippen LogP contribution in [0.5, 0.6) is 0 Å². The summed E-state index contributed by atoms with van der Waals surface area (Å²) in [7, 11) is 1.95. The Labute approximate surface area is 150 Å². The van der Waals surface area contributed by atoms with Crippen molar-refractivity contribution in [3.05, 3.63) is 70.0 Å². The molecule has 4 rings (SSSR count). The first kappa shape index (κ1) is 16.3. The molecule has 132 valence electrons. The molecule has 2 aromatic heterocycles. The topological polar surface area (TPSA) is 83.9 Å². The smallest absolute Gasteiger partial charge is 0.263 e. The van der Waals surface area contributed by atoms with Gasteiger partial charge in [0.2, 0.25) is 0 Å². The van der Waals surface area contributed by atoms with E-state index in [2.05, 4.69) is 27.2 Å². The molecule has 3 aromatic rings. The maximum absolute atomic E-state index is 12.7. The lowest BCUT2D eigenvalue weighted by Crippen LogP contribution is -2.36. The molecule has 7 heteroatoms. The molecule has 1 amide bonds. The van der Waals surface area contributed by atoms with Crippen LogP contribution in [0.15, 0.2) is 47.7 Å². The lowest BCUT2D eigenvalue weighted by molar-refractivity contribution is 0.0760. The monoisotopic (exact) mass is 349 g/mol. The number of H-pyrrole nitrogens is 1. The largest absolute Gasteiger partial charge is 0.338 e. The van der Waals surface area contributed by atoms with Gasteiger partial charge in [-0.2, -0.15) is 5.10 Å². The first-order valence-corrected chi connectivity index (χ1v) is 8.57. The molecule has 0 aliphatic carbocycles. The molecule has 0 unspecified atom stereocenters. The predicted molar refractivity (Wildman–Crippen MR) is 96.8 cm³/mol. The second-order valence-corrected chi connectivity index (χ2v) is 6.35. The fourth-order valence-corrected chi connectivity index (χ4v) is 3.51. The average Bonchev–Trinajstić information content (AvgIpc) is 2.83. The normalized spacial score (nSPS) is 14.0. The third kappa shape index (κ3) is 2.81. The summed E-state index contributed by atoms with van der Waals surface area (Å²) >= 11 is 0. The van der Waals surface area contributed by atoms with Gasteiger partial charge in [0.05, 0.1) is 17.7 Å². The number of benzene rings is 1. The molecule has 7 nitrogen and oxygen atoms in total. The summed E-state index contributed by atoms with van der Waals surface area (Å²) in [5, 5.41) is 4.67. The van der Waals surface area contributed by atoms with Gasteiger partial charge in [0.25, 0.3) is 11.5 Å². The summed E-state index contributed by atoms with van der Waals surface area (Å²) in [5.41, 5.74) is 4.07. The standard InChI is InChI=1S/C19H19N5O2/c1-23-17(13-5-3-2-4-6-13)14-7-9-24(10-8-16(14)22-23)19(26)15-11-20-12-21-18(15)25/h2-6,11-12H,7-10H2,1H3,(H,20,21,25). The Morgan fingerprint density at radius 3 is 2.69 bits per heavy atom. The zero-order valence-electron chi connectivity index (χ0n) is 14.5. The van der Waals surface area contributed by atoms with Crippen molar-refractivity contribution in [1.82, 2.24) is 24.6 Å². The van der Waals surface area contributed by atoms with Crippen molar-refractivity contribution in [2.45, 2.75) is 12.8 Å². The Morgan fingerprint density at radius 1 is 1.15 bits per heavy atom. The van der Waals surface area contributed by atoms with Crippen LogP contribution < -0.4 is 5.56 Å². The van der Waals surface area contributed by atoms with E-state index in [0.29, 0.717) is 25.9 Å². The molecule has 3 heterocycles. The Balaban J connectivity index is 1.63. The van der Waals surface area contributed by atoms with Crippen LogP contribution in [0.3, 0.4) is 0 Å². The SMILES string of the molecule is Cn1nc2c(c1-c1ccccc1)CCN(C(=O)c1cnc[nH]c1=O)CC2. The van der Waals surface area contributed by atoms with Crippen molar-refractivity contribution in [3.8, 4) is 11.3 Å². The molecule has 0 fully saturated rings. The van der Waals surface area contributed by atoms with Crippen LogP contribution in [-0.4, -0.2) is 43.6 Å². The number of amides is 1. The minimum absolute atomic E-state index is 0.0795. The minimum atomic E-state index is -0.407. The lowest BCUT2D eigenvalue weighted by Gasteiger charge is -2.19. The van der Waals surface area contributed by atoms with Gasteiger partial charge in [-0.1, -0.05) is 30.3 Å². The van der Waals surface area contributed by atoms with Crippen LogP contribution in [0.25, 0.3) is 11.3 Å². The highest BCUT2D eigenvalue weighted by Crippen LogP contribution is 2.28. The molecule has 1 aromatic carbocycles. The molecule has 0 atom stereocenters. The zero-order valence-corrected chi connectivity index (χ0v) is 14.5. The third-order valence-electron chi connectivity index (χ3n) is 4.76. The number of hydrogen-bond acceptors (Lipinski definition) is 4. The van der Waals surface area contributed by atoms with E-state index < -0.39 is 5.56 Å². The van der Waals surface area contributed by atoms with Gasteiger partial charge in [-0.05, 0) is 6.42 Å². The van der Waals surface area contributed by atoms with Crippen LogP contribution in [-0.2, 0) is 19.9 Å². The molecule has 0 saturated heterocycles. The van der Waals surface area contributed by atoms with E-state index in [1.165, 1.54) is 18.1 Å². The van der Waals surface area contributed by atoms with Crippen LogP contribution in [0, 0.1) is 0 Å². The van der Waals surface area contributed by atoms with Gasteiger partial charge in [0.1, 0.15) is 5.56 Å². The Morgan fingerprint density at radius 2 is 1.92 bits per heavy atom. The van der Waals surface area contributed by atoms with Crippen molar-refractivity contribution in [2.75, 3.05) is 13.1 Å². The number of nitrogens with one attached hydrogen (secondary N) is 1. The molecule has 0 spiro atoms. The van der Waals surface area contributed by atoms with Gasteiger partial charge >= 0.3 is 0 Å². The second kappa shape index (κ2) is 6.59. The summed E-state index contributed by atoms with van der Waals surface area (Å²) in [6.45, 7) is 1.08. The maximum Gasteiger partial charge on any atom is 0.263 e. The molecule has 0 radical (unpaired) electrons. The molecule has 1 aliphatic rings. The maximum atomic E-state index is 12.7. The quantitative estimate of drug-likeness (QED) is 0.758. The van der Waals surface area contributed by atoms with E-state index >= 15 is 0 Å². The van der Waals surface area contributed by atoms with Crippen LogP contribution >= 0.6 is 0 Å². The number of carbonyl (C=O) groups excluding carboxylic acids is 1. The number of carbonyl (C=O) groups is 1. The van der Waals surface area contributed by atoms with E-state index in [9.17, 15) is 9.59 Å². The molecular formula is C19H19N5O2. The highest BCUT2D eigenvalue weighted by molar-refractivity contribution is 5.93. The summed E-state index contributed by atoms with van der Waals surface area (Å²) in [6.07, 6.45) is 3.98. The van der Waals surface area contributed by atoms with Gasteiger partial charge < -0.3 is 9.88 Å². The molecule has 1 N–H and O–H groups in total. The number of nitrogens with zero attached hydrogens (tertiary/aromatic N) is 4. The van der Waals surface area contributed by atoms with Crippen molar-refractivity contribution in [2.24, 2.45) is 7.05 Å². The van der Waals surface area contributed by atoms with Crippen molar-refractivity contribution in [1.29, 1.82) is 0 Å². The lowest BCUT2D eigenvalue weighted by atomic mass is 10.0. The Bertz CT molecular complexity index is 1010. The van der Waals surface area contributed by atoms with Crippen LogP contribution in [0.4, 0.5) is 0 Å². The number of fused-ring (bicyclic) bond motifs is 1. The van der Waals surface area contributed by atoms with Crippen molar-refractivity contribution in [3.63, 3.8) is 0 Å². The Hall–Kier alpha value is -3.22. The summed E-state index contributed by atoms with van der Waals surface area (Å²) in [4.78, 5) is 32.6. The van der Waals surface area contributed by atoms with E-state index in [4.69, 9.17) is 0 Å². The van der Waals surface area contributed by atoms with Crippen molar-refractivity contribution >= 4 is 5.91 Å². The first-order chi connectivity index (χ1) is 12.6. The average molecular weight is 349 g/mol. The number of aromatic amines is 1. The number of rotatable bonds is 2. The van der Waals surface area contributed by atoms with E-state index in [0.717, 1.165) is 17.0 Å². The van der Waals surface area contributed by atoms with Gasteiger partial charge in [0, 0.05) is 43.9 Å². The molecule has 0 bridgehead atoms. The zero-order chi connectivity index (χ0) is 18.1. The second-order valence-electron chi connectivity index (χ2n) is 6.35. The molecular weight excluding hydrogens is 330 g/mol. The number of hydrogen-bond donors (Lipinski definition) is 1. The van der Waals surface area contributed by atoms with Gasteiger partial charge in [-0.15, -0.1) is 0 Å².